The Morgan fingerprint density at radius 3 is 2.58 bits per heavy atom. The molecule has 0 aromatic heterocycles. The Balaban J connectivity index is 1.56. The number of nitrogens with one attached hydrogen (secondary N) is 2. The van der Waals surface area contributed by atoms with E-state index >= 15 is 0 Å². The van der Waals surface area contributed by atoms with Crippen LogP contribution < -0.4 is 10.6 Å². The number of rotatable bonds is 7. The second-order valence-electron chi connectivity index (χ2n) is 7.48. The van der Waals surface area contributed by atoms with Crippen LogP contribution in [0.5, 0.6) is 0 Å². The van der Waals surface area contributed by atoms with E-state index in [1.165, 1.54) is 12.1 Å². The van der Waals surface area contributed by atoms with Crippen LogP contribution in [0.15, 0.2) is 42.5 Å². The fraction of sp³-hybridized carbons (Fsp3) is 0.391. The van der Waals surface area contributed by atoms with E-state index in [2.05, 4.69) is 10.6 Å². The number of nitrogens with zero attached hydrogens (tertiary/aromatic N) is 1. The maximum atomic E-state index is 14.0. The first-order valence-electron chi connectivity index (χ1n) is 10.4. The molecule has 2 N–H and O–H groups in total. The van der Waals surface area contributed by atoms with Gasteiger partial charge >= 0.3 is 12.1 Å². The number of hydrogen-bond acceptors (Lipinski definition) is 3. The highest BCUT2D eigenvalue weighted by Crippen LogP contribution is 2.29. The average Bonchev–Trinajstić information content (AvgIpc) is 2.74. The van der Waals surface area contributed by atoms with Crippen LogP contribution in [0.3, 0.4) is 0 Å². The highest BCUT2D eigenvalue weighted by atomic mass is 19.1. The van der Waals surface area contributed by atoms with Crippen molar-refractivity contribution in [2.45, 2.75) is 38.8 Å². The second-order valence-corrected chi connectivity index (χ2v) is 7.48. The lowest BCUT2D eigenvalue weighted by atomic mass is 10.00. The third kappa shape index (κ3) is 5.71. The van der Waals surface area contributed by atoms with Crippen molar-refractivity contribution in [3.8, 4) is 11.1 Å². The summed E-state index contributed by atoms with van der Waals surface area (Å²) in [6, 6.07) is 10.2. The Hall–Kier alpha value is -3.16. The number of amides is 3. The van der Waals surface area contributed by atoms with E-state index in [4.69, 9.17) is 4.74 Å². The molecule has 2 atom stereocenters. The van der Waals surface area contributed by atoms with Gasteiger partial charge in [0.2, 0.25) is 0 Å². The molecule has 0 spiro atoms. The quantitative estimate of drug-likeness (QED) is 0.672. The molecule has 1 heterocycles. The van der Waals surface area contributed by atoms with Crippen LogP contribution >= 0.6 is 0 Å². The minimum atomic E-state index is -0.617. The third-order valence-electron chi connectivity index (χ3n) is 5.39. The predicted octanol–water partition coefficient (Wildman–Crippen LogP) is 4.61. The van der Waals surface area contributed by atoms with Crippen molar-refractivity contribution in [3.63, 3.8) is 0 Å². The van der Waals surface area contributed by atoms with Gasteiger partial charge in [-0.1, -0.05) is 24.3 Å². The summed E-state index contributed by atoms with van der Waals surface area (Å²) >= 11 is 0. The fourth-order valence-electron chi connectivity index (χ4n) is 3.61. The van der Waals surface area contributed by atoms with Gasteiger partial charge in [-0.05, 0) is 37.1 Å². The molecule has 166 valence electrons. The molecule has 0 aliphatic carbocycles. The van der Waals surface area contributed by atoms with Gasteiger partial charge in [-0.15, -0.1) is 0 Å². The molecule has 8 heteroatoms. The largest absolute Gasteiger partial charge is 0.446 e. The van der Waals surface area contributed by atoms with Crippen molar-refractivity contribution in [3.05, 3.63) is 59.7 Å². The first-order valence-corrected chi connectivity index (χ1v) is 10.4. The van der Waals surface area contributed by atoms with Gasteiger partial charge in [0.1, 0.15) is 17.7 Å². The molecule has 2 unspecified atom stereocenters. The van der Waals surface area contributed by atoms with Crippen LogP contribution in [0.1, 0.15) is 38.3 Å². The van der Waals surface area contributed by atoms with Crippen LogP contribution in [0.4, 0.5) is 18.4 Å². The lowest BCUT2D eigenvalue weighted by molar-refractivity contribution is 0.0105. The molecule has 0 bridgehead atoms. The van der Waals surface area contributed by atoms with E-state index in [9.17, 15) is 18.4 Å². The number of hydrogen-bond donors (Lipinski definition) is 2. The Labute approximate surface area is 180 Å². The molecule has 2 aromatic carbocycles. The topological polar surface area (TPSA) is 70.7 Å². The molecule has 31 heavy (non-hydrogen) atoms. The summed E-state index contributed by atoms with van der Waals surface area (Å²) in [6.07, 6.45) is 0.604. The average molecular weight is 431 g/mol. The number of benzene rings is 2. The summed E-state index contributed by atoms with van der Waals surface area (Å²) in [6.45, 7) is 5.27. The van der Waals surface area contributed by atoms with Crippen molar-refractivity contribution >= 4 is 12.1 Å². The van der Waals surface area contributed by atoms with E-state index in [-0.39, 0.29) is 18.2 Å². The van der Waals surface area contributed by atoms with Gasteiger partial charge in [-0.2, -0.15) is 0 Å². The summed E-state index contributed by atoms with van der Waals surface area (Å²) in [7, 11) is 0. The summed E-state index contributed by atoms with van der Waals surface area (Å²) in [5.74, 6) is -1.23. The first-order chi connectivity index (χ1) is 14.9. The van der Waals surface area contributed by atoms with Crippen LogP contribution in [0, 0.1) is 11.6 Å². The molecule has 1 aliphatic rings. The molecule has 6 nitrogen and oxygen atoms in total. The van der Waals surface area contributed by atoms with E-state index in [1.807, 2.05) is 26.0 Å². The van der Waals surface area contributed by atoms with Crippen molar-refractivity contribution < 1.29 is 23.1 Å². The minimum Gasteiger partial charge on any atom is -0.446 e. The lowest BCUT2D eigenvalue weighted by Crippen LogP contribution is -2.44. The van der Waals surface area contributed by atoms with E-state index in [0.29, 0.717) is 43.6 Å². The highest BCUT2D eigenvalue weighted by Gasteiger charge is 2.30. The zero-order valence-electron chi connectivity index (χ0n) is 17.7. The fourth-order valence-corrected chi connectivity index (χ4v) is 3.61. The molecule has 0 saturated carbocycles. The Kier molecular flexibility index (Phi) is 7.44. The minimum absolute atomic E-state index is 0.214. The second kappa shape index (κ2) is 10.2. The molecule has 3 amide bonds. The maximum absolute atomic E-state index is 14.0. The molecule has 3 rings (SSSR count). The molecule has 1 fully saturated rings. The molecule has 1 aliphatic heterocycles. The summed E-state index contributed by atoms with van der Waals surface area (Å²) in [5, 5.41) is 5.38. The molecular formula is C23H27F2N3O3. The van der Waals surface area contributed by atoms with Crippen molar-refractivity contribution in [1.29, 1.82) is 0 Å². The van der Waals surface area contributed by atoms with Gasteiger partial charge in [0.15, 0.2) is 0 Å². The van der Waals surface area contributed by atoms with Gasteiger partial charge < -0.3 is 20.3 Å². The van der Waals surface area contributed by atoms with Crippen LogP contribution in [0.2, 0.25) is 0 Å². The third-order valence-corrected chi connectivity index (χ3v) is 5.39. The first kappa shape index (κ1) is 22.5. The number of urea groups is 1. The van der Waals surface area contributed by atoms with Crippen LogP contribution in [0.25, 0.3) is 11.1 Å². The van der Waals surface area contributed by atoms with E-state index in [0.717, 1.165) is 11.6 Å². The smallest absolute Gasteiger partial charge is 0.410 e. The van der Waals surface area contributed by atoms with E-state index < -0.39 is 17.7 Å². The maximum Gasteiger partial charge on any atom is 0.410 e. The summed E-state index contributed by atoms with van der Waals surface area (Å²) < 4.78 is 32.7. The Morgan fingerprint density at radius 1 is 1.19 bits per heavy atom. The number of halogens is 2. The number of carbonyl (C=O) groups is 2. The summed E-state index contributed by atoms with van der Waals surface area (Å²) in [4.78, 5) is 25.6. The predicted molar refractivity (Wildman–Crippen MR) is 113 cm³/mol. The number of carbonyl (C=O) groups excluding carboxylic acids is 2. The molecule has 2 aromatic rings. The van der Waals surface area contributed by atoms with Crippen molar-refractivity contribution in [1.82, 2.24) is 15.5 Å². The van der Waals surface area contributed by atoms with E-state index in [1.54, 1.807) is 17.0 Å². The number of cyclic esters (lactones) is 1. The SMILES string of the molecule is CCNC(=O)NCCC1CCN(C(C)c2ccc(-c3ccc(F)cc3F)cc2)C(=O)O1. The Morgan fingerprint density at radius 2 is 1.94 bits per heavy atom. The molecule has 0 radical (unpaired) electrons. The van der Waals surface area contributed by atoms with Gasteiger partial charge in [0.05, 0.1) is 6.04 Å². The zero-order valence-corrected chi connectivity index (χ0v) is 17.7. The van der Waals surface area contributed by atoms with Gasteiger partial charge in [0.25, 0.3) is 0 Å². The van der Waals surface area contributed by atoms with Gasteiger partial charge in [-0.25, -0.2) is 18.4 Å². The Bertz CT molecular complexity index is 921. The van der Waals surface area contributed by atoms with Crippen LogP contribution in [-0.4, -0.2) is 42.8 Å². The zero-order chi connectivity index (χ0) is 22.4. The number of ether oxygens (including phenoxy) is 1. The van der Waals surface area contributed by atoms with Crippen molar-refractivity contribution in [2.24, 2.45) is 0 Å². The lowest BCUT2D eigenvalue weighted by Gasteiger charge is -2.36. The van der Waals surface area contributed by atoms with Crippen molar-refractivity contribution in [2.75, 3.05) is 19.6 Å². The normalized spacial score (nSPS) is 17.1. The van der Waals surface area contributed by atoms with Crippen LogP contribution in [-0.2, 0) is 4.74 Å². The summed E-state index contributed by atoms with van der Waals surface area (Å²) in [5.41, 5.74) is 1.84. The molecule has 1 saturated heterocycles. The van der Waals surface area contributed by atoms with Gasteiger partial charge in [-0.3, -0.25) is 0 Å². The standard InChI is InChI=1S/C23H27F2N3O3/c1-3-26-22(29)27-12-10-19-11-13-28(23(30)31-19)15(2)16-4-6-17(7-5-16)20-9-8-18(24)14-21(20)25/h4-9,14-15,19H,3,10-13H2,1-2H3,(H2,26,27,29). The van der Waals surface area contributed by atoms with Gasteiger partial charge in [0, 0.05) is 44.1 Å². The highest BCUT2D eigenvalue weighted by molar-refractivity contribution is 5.73. The molecular weight excluding hydrogens is 404 g/mol. The monoisotopic (exact) mass is 431 g/mol.